The van der Waals surface area contributed by atoms with Gasteiger partial charge in [0.05, 0.1) is 0 Å². The third-order valence-corrected chi connectivity index (χ3v) is 2.50. The second kappa shape index (κ2) is 5.92. The molecule has 2 heterocycles. The van der Waals surface area contributed by atoms with Gasteiger partial charge in [-0.2, -0.15) is 0 Å². The van der Waals surface area contributed by atoms with Gasteiger partial charge in [0.15, 0.2) is 0 Å². The molecule has 2 aromatic rings. The Bertz CT molecular complexity index is 492. The normalized spacial score (nSPS) is 10.3. The summed E-state index contributed by atoms with van der Waals surface area (Å²) in [5, 5.41) is 2.78. The highest BCUT2D eigenvalue weighted by atomic mass is 16.1. The highest BCUT2D eigenvalue weighted by Gasteiger charge is 2.06. The zero-order valence-electron chi connectivity index (χ0n) is 9.89. The molecule has 0 saturated heterocycles. The van der Waals surface area contributed by atoms with Crippen molar-refractivity contribution in [1.82, 2.24) is 20.3 Å². The first kappa shape index (κ1) is 12.3. The molecule has 6 heteroatoms. The van der Waals surface area contributed by atoms with Crippen molar-refractivity contribution in [3.05, 3.63) is 47.8 Å². The van der Waals surface area contributed by atoms with Gasteiger partial charge < -0.3 is 16.0 Å². The molecule has 0 unspecified atom stereocenters. The molecule has 18 heavy (non-hydrogen) atoms. The van der Waals surface area contributed by atoms with Crippen molar-refractivity contribution in [2.24, 2.45) is 5.73 Å². The molecule has 1 amide bonds. The Kier molecular flexibility index (Phi) is 4.03. The molecule has 0 aliphatic rings. The van der Waals surface area contributed by atoms with Crippen molar-refractivity contribution in [1.29, 1.82) is 0 Å². The Balaban J connectivity index is 1.83. The van der Waals surface area contributed by atoms with E-state index in [4.69, 9.17) is 5.73 Å². The quantitative estimate of drug-likeness (QED) is 0.702. The van der Waals surface area contributed by atoms with Crippen LogP contribution < -0.4 is 11.1 Å². The van der Waals surface area contributed by atoms with E-state index in [1.54, 1.807) is 30.7 Å². The summed E-state index contributed by atoms with van der Waals surface area (Å²) < 4.78 is 0. The average molecular weight is 245 g/mol. The Morgan fingerprint density at radius 2 is 2.28 bits per heavy atom. The van der Waals surface area contributed by atoms with E-state index in [0.717, 1.165) is 11.4 Å². The lowest BCUT2D eigenvalue weighted by molar-refractivity contribution is 0.0949. The number of nitrogens with one attached hydrogen (secondary N) is 2. The largest absolute Gasteiger partial charge is 0.350 e. The molecule has 0 aromatic carbocycles. The zero-order valence-corrected chi connectivity index (χ0v) is 9.89. The molecule has 0 aliphatic heterocycles. The van der Waals surface area contributed by atoms with Crippen molar-refractivity contribution in [3.8, 4) is 0 Å². The number of hydrogen-bond acceptors (Lipinski definition) is 4. The lowest BCUT2D eigenvalue weighted by Gasteiger charge is -2.04. The third-order valence-electron chi connectivity index (χ3n) is 2.50. The van der Waals surface area contributed by atoms with E-state index in [2.05, 4.69) is 20.3 Å². The third kappa shape index (κ3) is 3.14. The van der Waals surface area contributed by atoms with E-state index in [1.807, 2.05) is 0 Å². The number of carbonyl (C=O) groups excluding carboxylic acids is 1. The Morgan fingerprint density at radius 3 is 2.89 bits per heavy atom. The molecule has 2 aromatic heterocycles. The van der Waals surface area contributed by atoms with Crippen molar-refractivity contribution >= 4 is 5.91 Å². The highest BCUT2D eigenvalue weighted by Crippen LogP contribution is 1.99. The van der Waals surface area contributed by atoms with Crippen molar-refractivity contribution in [2.45, 2.75) is 13.0 Å². The molecule has 94 valence electrons. The van der Waals surface area contributed by atoms with Crippen LogP contribution in [-0.4, -0.2) is 27.4 Å². The number of pyridine rings is 1. The van der Waals surface area contributed by atoms with Crippen LogP contribution in [-0.2, 0) is 13.0 Å². The summed E-state index contributed by atoms with van der Waals surface area (Å²) in [5.41, 5.74) is 6.76. The number of imidazole rings is 1. The summed E-state index contributed by atoms with van der Waals surface area (Å²) in [5.74, 6) is 0.659. The maximum absolute atomic E-state index is 11.7. The Hall–Kier alpha value is -2.21. The second-order valence-electron chi connectivity index (χ2n) is 3.80. The fraction of sp³-hybridized carbons (Fsp3) is 0.250. The molecular weight excluding hydrogens is 230 g/mol. The molecule has 0 saturated carbocycles. The fourth-order valence-corrected chi connectivity index (χ4v) is 1.50. The maximum atomic E-state index is 11.7. The van der Waals surface area contributed by atoms with E-state index in [9.17, 15) is 4.79 Å². The summed E-state index contributed by atoms with van der Waals surface area (Å²) in [6.07, 6.45) is 5.72. The monoisotopic (exact) mass is 245 g/mol. The van der Waals surface area contributed by atoms with Crippen LogP contribution in [0, 0.1) is 0 Å². The number of amides is 1. The molecule has 4 N–H and O–H groups in total. The standard InChI is InChI=1S/C12H15N5O/c13-7-9-1-2-10(17-8-9)12(18)16-4-3-11-14-5-6-15-11/h1-2,5-6,8H,3-4,7,13H2,(H,14,15)(H,16,18). The van der Waals surface area contributed by atoms with Crippen molar-refractivity contribution < 1.29 is 4.79 Å². The van der Waals surface area contributed by atoms with Gasteiger partial charge in [-0.25, -0.2) is 4.98 Å². The molecule has 0 aliphatic carbocycles. The van der Waals surface area contributed by atoms with Crippen molar-refractivity contribution in [3.63, 3.8) is 0 Å². The lowest BCUT2D eigenvalue weighted by atomic mass is 10.2. The molecule has 0 spiro atoms. The van der Waals surface area contributed by atoms with Gasteiger partial charge in [0.25, 0.3) is 5.91 Å². The predicted octanol–water partition coefficient (Wildman–Crippen LogP) is 0.236. The minimum absolute atomic E-state index is 0.190. The molecule has 2 rings (SSSR count). The number of rotatable bonds is 5. The summed E-state index contributed by atoms with van der Waals surface area (Å²) in [6, 6.07) is 3.47. The maximum Gasteiger partial charge on any atom is 0.269 e. The average Bonchev–Trinajstić information content (AvgIpc) is 2.92. The molecule has 6 nitrogen and oxygen atoms in total. The Morgan fingerprint density at radius 1 is 1.39 bits per heavy atom. The van der Waals surface area contributed by atoms with Gasteiger partial charge >= 0.3 is 0 Å². The van der Waals surface area contributed by atoms with Gasteiger partial charge in [0.2, 0.25) is 0 Å². The molecule has 0 fully saturated rings. The van der Waals surface area contributed by atoms with Gasteiger partial charge in [-0.3, -0.25) is 9.78 Å². The molecule has 0 atom stereocenters. The topological polar surface area (TPSA) is 96.7 Å². The van der Waals surface area contributed by atoms with Crippen LogP contribution in [0.4, 0.5) is 0 Å². The number of H-pyrrole nitrogens is 1. The first-order chi connectivity index (χ1) is 8.79. The van der Waals surface area contributed by atoms with Crippen molar-refractivity contribution in [2.75, 3.05) is 6.54 Å². The fourth-order valence-electron chi connectivity index (χ4n) is 1.50. The number of nitrogens with two attached hydrogens (primary N) is 1. The first-order valence-corrected chi connectivity index (χ1v) is 5.71. The second-order valence-corrected chi connectivity index (χ2v) is 3.80. The number of nitrogens with zero attached hydrogens (tertiary/aromatic N) is 2. The van der Waals surface area contributed by atoms with Crippen LogP contribution in [0.25, 0.3) is 0 Å². The summed E-state index contributed by atoms with van der Waals surface area (Å²) in [4.78, 5) is 22.8. The van der Waals surface area contributed by atoms with Gasteiger partial charge in [-0.1, -0.05) is 6.07 Å². The summed E-state index contributed by atoms with van der Waals surface area (Å²) in [6.45, 7) is 0.945. The molecule has 0 radical (unpaired) electrons. The van der Waals surface area contributed by atoms with Crippen LogP contribution in [0.5, 0.6) is 0 Å². The first-order valence-electron chi connectivity index (χ1n) is 5.71. The van der Waals surface area contributed by atoms with Crippen LogP contribution in [0.15, 0.2) is 30.7 Å². The van der Waals surface area contributed by atoms with Crippen LogP contribution in [0.1, 0.15) is 21.9 Å². The minimum Gasteiger partial charge on any atom is -0.350 e. The number of aromatic nitrogens is 3. The summed E-state index contributed by atoms with van der Waals surface area (Å²) in [7, 11) is 0. The van der Waals surface area contributed by atoms with Gasteiger partial charge in [-0.05, 0) is 11.6 Å². The van der Waals surface area contributed by atoms with E-state index in [0.29, 0.717) is 25.2 Å². The number of hydrogen-bond donors (Lipinski definition) is 3. The minimum atomic E-state index is -0.190. The Labute approximate surface area is 105 Å². The predicted molar refractivity (Wildman–Crippen MR) is 66.8 cm³/mol. The van der Waals surface area contributed by atoms with E-state index < -0.39 is 0 Å². The number of aromatic amines is 1. The SMILES string of the molecule is NCc1ccc(C(=O)NCCc2ncc[nH]2)nc1. The summed E-state index contributed by atoms with van der Waals surface area (Å²) >= 11 is 0. The molecule has 0 bridgehead atoms. The number of carbonyl (C=O) groups is 1. The van der Waals surface area contributed by atoms with Gasteiger partial charge in [0, 0.05) is 38.1 Å². The van der Waals surface area contributed by atoms with Crippen LogP contribution in [0.2, 0.25) is 0 Å². The lowest BCUT2D eigenvalue weighted by Crippen LogP contribution is -2.26. The van der Waals surface area contributed by atoms with E-state index >= 15 is 0 Å². The van der Waals surface area contributed by atoms with E-state index in [-0.39, 0.29) is 5.91 Å². The van der Waals surface area contributed by atoms with Gasteiger partial charge in [0.1, 0.15) is 11.5 Å². The zero-order chi connectivity index (χ0) is 12.8. The van der Waals surface area contributed by atoms with Gasteiger partial charge in [-0.15, -0.1) is 0 Å². The highest BCUT2D eigenvalue weighted by molar-refractivity contribution is 5.92. The van der Waals surface area contributed by atoms with Crippen LogP contribution >= 0.6 is 0 Å². The molecular formula is C12H15N5O. The van der Waals surface area contributed by atoms with E-state index in [1.165, 1.54) is 0 Å². The smallest absolute Gasteiger partial charge is 0.269 e. The van der Waals surface area contributed by atoms with Crippen LogP contribution in [0.3, 0.4) is 0 Å².